The van der Waals surface area contributed by atoms with E-state index in [0.717, 1.165) is 18.4 Å². The third-order valence-corrected chi connectivity index (χ3v) is 7.36. The summed E-state index contributed by atoms with van der Waals surface area (Å²) < 4.78 is 5.36. The number of methoxy groups -OCH3 is 1. The molecule has 7 heteroatoms. The number of para-hydroxylation sites is 1. The Morgan fingerprint density at radius 2 is 1.74 bits per heavy atom. The molecule has 1 saturated carbocycles. The summed E-state index contributed by atoms with van der Waals surface area (Å²) in [6, 6.07) is 16.6. The molecule has 2 fully saturated rings. The van der Waals surface area contributed by atoms with Crippen molar-refractivity contribution in [3.05, 3.63) is 65.7 Å². The van der Waals surface area contributed by atoms with Crippen LogP contribution < -0.4 is 15.4 Å². The van der Waals surface area contributed by atoms with E-state index < -0.39 is 6.04 Å². The zero-order chi connectivity index (χ0) is 25.0. The second-order valence-electron chi connectivity index (χ2n) is 10.1. The SMILES string of the molecule is COc1ccccc1C(=O)NCC1(c2ccccc2)CCC(N2C(=O)N[C@@H](CC(C)C)C2=O)CC1. The summed E-state index contributed by atoms with van der Waals surface area (Å²) in [4.78, 5) is 40.1. The fourth-order valence-corrected chi connectivity index (χ4v) is 5.47. The predicted octanol–water partition coefficient (Wildman–Crippen LogP) is 4.27. The molecular formula is C28H35N3O4. The second-order valence-corrected chi connectivity index (χ2v) is 10.1. The number of hydrogen-bond acceptors (Lipinski definition) is 4. The van der Waals surface area contributed by atoms with E-state index in [-0.39, 0.29) is 29.3 Å². The molecule has 2 aromatic carbocycles. The summed E-state index contributed by atoms with van der Waals surface area (Å²) >= 11 is 0. The van der Waals surface area contributed by atoms with Crippen LogP contribution in [-0.2, 0) is 10.2 Å². The summed E-state index contributed by atoms with van der Waals surface area (Å²) in [6.45, 7) is 4.57. The van der Waals surface area contributed by atoms with Gasteiger partial charge in [-0.15, -0.1) is 0 Å². The molecule has 7 nitrogen and oxygen atoms in total. The molecule has 1 heterocycles. The van der Waals surface area contributed by atoms with Crippen LogP contribution in [0.1, 0.15) is 61.9 Å². The highest BCUT2D eigenvalue weighted by Gasteiger charge is 2.46. The highest BCUT2D eigenvalue weighted by Crippen LogP contribution is 2.41. The van der Waals surface area contributed by atoms with Gasteiger partial charge in [-0.3, -0.25) is 14.5 Å². The highest BCUT2D eigenvalue weighted by atomic mass is 16.5. The number of nitrogens with zero attached hydrogens (tertiary/aromatic N) is 1. The van der Waals surface area contributed by atoms with Gasteiger partial charge in [0.2, 0.25) is 0 Å². The molecule has 35 heavy (non-hydrogen) atoms. The standard InChI is InChI=1S/C28H35N3O4/c1-19(2)17-23-26(33)31(27(34)30-23)21-13-15-28(16-14-21,20-9-5-4-6-10-20)18-29-25(32)22-11-7-8-12-24(22)35-3/h4-12,19,21,23H,13-18H2,1-3H3,(H,29,32)(H,30,34)/t21?,23-,28?/m0/s1. The van der Waals surface area contributed by atoms with Crippen molar-refractivity contribution in [2.45, 2.75) is 63.5 Å². The van der Waals surface area contributed by atoms with Crippen LogP contribution in [0.25, 0.3) is 0 Å². The first kappa shape index (κ1) is 24.8. The fraction of sp³-hybridized carbons (Fsp3) is 0.464. The summed E-state index contributed by atoms with van der Waals surface area (Å²) in [5.41, 5.74) is 1.39. The number of carbonyl (C=O) groups excluding carboxylic acids is 3. The van der Waals surface area contributed by atoms with E-state index in [1.165, 1.54) is 4.90 Å². The number of benzene rings is 2. The van der Waals surface area contributed by atoms with Crippen LogP contribution in [0.3, 0.4) is 0 Å². The first-order valence-corrected chi connectivity index (χ1v) is 12.4. The van der Waals surface area contributed by atoms with Gasteiger partial charge in [-0.05, 0) is 55.7 Å². The first-order chi connectivity index (χ1) is 16.8. The lowest BCUT2D eigenvalue weighted by Gasteiger charge is -2.42. The van der Waals surface area contributed by atoms with Crippen molar-refractivity contribution in [2.75, 3.05) is 13.7 Å². The summed E-state index contributed by atoms with van der Waals surface area (Å²) in [5.74, 6) is 0.584. The van der Waals surface area contributed by atoms with Gasteiger partial charge in [0.05, 0.1) is 12.7 Å². The van der Waals surface area contributed by atoms with E-state index >= 15 is 0 Å². The molecular weight excluding hydrogens is 442 g/mol. The van der Waals surface area contributed by atoms with Crippen LogP contribution in [0.4, 0.5) is 4.79 Å². The van der Waals surface area contributed by atoms with Gasteiger partial charge in [-0.25, -0.2) is 4.79 Å². The van der Waals surface area contributed by atoms with Gasteiger partial charge in [-0.2, -0.15) is 0 Å². The van der Waals surface area contributed by atoms with Crippen molar-refractivity contribution in [1.82, 2.24) is 15.5 Å². The number of imide groups is 1. The van der Waals surface area contributed by atoms with E-state index in [9.17, 15) is 14.4 Å². The van der Waals surface area contributed by atoms with E-state index in [1.54, 1.807) is 19.2 Å². The second kappa shape index (κ2) is 10.5. The maximum atomic E-state index is 13.0. The van der Waals surface area contributed by atoms with E-state index in [4.69, 9.17) is 4.74 Å². The Morgan fingerprint density at radius 1 is 1.09 bits per heavy atom. The van der Waals surface area contributed by atoms with Crippen LogP contribution in [0.5, 0.6) is 5.75 Å². The monoisotopic (exact) mass is 477 g/mol. The largest absolute Gasteiger partial charge is 0.496 e. The quantitative estimate of drug-likeness (QED) is 0.556. The van der Waals surface area contributed by atoms with Gasteiger partial charge in [0.25, 0.3) is 11.8 Å². The summed E-state index contributed by atoms with van der Waals surface area (Å²) in [6.07, 6.45) is 3.58. The third kappa shape index (κ3) is 5.19. The van der Waals surface area contributed by atoms with Crippen LogP contribution in [-0.4, -0.2) is 48.5 Å². The third-order valence-electron chi connectivity index (χ3n) is 7.36. The molecule has 2 aliphatic rings. The average molecular weight is 478 g/mol. The van der Waals surface area contributed by atoms with E-state index in [2.05, 4.69) is 36.6 Å². The number of carbonyl (C=O) groups is 3. The molecule has 0 aromatic heterocycles. The molecule has 4 rings (SSSR count). The predicted molar refractivity (Wildman–Crippen MR) is 134 cm³/mol. The maximum Gasteiger partial charge on any atom is 0.325 e. The molecule has 186 valence electrons. The number of nitrogens with one attached hydrogen (secondary N) is 2. The Kier molecular flexibility index (Phi) is 7.43. The van der Waals surface area contributed by atoms with Crippen molar-refractivity contribution < 1.29 is 19.1 Å². The molecule has 2 aromatic rings. The zero-order valence-corrected chi connectivity index (χ0v) is 20.8. The van der Waals surface area contributed by atoms with Crippen molar-refractivity contribution in [3.63, 3.8) is 0 Å². The number of amides is 4. The lowest BCUT2D eigenvalue weighted by Crippen LogP contribution is -2.49. The minimum Gasteiger partial charge on any atom is -0.496 e. The van der Waals surface area contributed by atoms with Gasteiger partial charge in [-0.1, -0.05) is 56.3 Å². The fourth-order valence-electron chi connectivity index (χ4n) is 5.47. The maximum absolute atomic E-state index is 13.0. The summed E-state index contributed by atoms with van der Waals surface area (Å²) in [5, 5.41) is 6.01. The molecule has 1 aliphatic heterocycles. The first-order valence-electron chi connectivity index (χ1n) is 12.4. The van der Waals surface area contributed by atoms with Crippen molar-refractivity contribution >= 4 is 17.8 Å². The molecule has 0 radical (unpaired) electrons. The summed E-state index contributed by atoms with van der Waals surface area (Å²) in [7, 11) is 1.56. The van der Waals surface area contributed by atoms with Crippen molar-refractivity contribution in [3.8, 4) is 5.75 Å². The molecule has 2 N–H and O–H groups in total. The van der Waals surface area contributed by atoms with Crippen molar-refractivity contribution in [2.24, 2.45) is 5.92 Å². The van der Waals surface area contributed by atoms with Gasteiger partial charge < -0.3 is 15.4 Å². The molecule has 0 spiro atoms. The lowest BCUT2D eigenvalue weighted by molar-refractivity contribution is -0.130. The van der Waals surface area contributed by atoms with Gasteiger partial charge >= 0.3 is 6.03 Å². The Morgan fingerprint density at radius 3 is 2.40 bits per heavy atom. The number of hydrogen-bond donors (Lipinski definition) is 2. The zero-order valence-electron chi connectivity index (χ0n) is 20.8. The van der Waals surface area contributed by atoms with Crippen molar-refractivity contribution in [1.29, 1.82) is 0 Å². The average Bonchev–Trinajstić information content (AvgIpc) is 3.15. The Balaban J connectivity index is 1.49. The van der Waals surface area contributed by atoms with Crippen LogP contribution in [0.15, 0.2) is 54.6 Å². The normalized spacial score (nSPS) is 24.4. The van der Waals surface area contributed by atoms with Gasteiger partial charge in [0.1, 0.15) is 11.8 Å². The molecule has 4 amide bonds. The van der Waals surface area contributed by atoms with Crippen LogP contribution in [0.2, 0.25) is 0 Å². The topological polar surface area (TPSA) is 87.7 Å². The Labute approximate surface area is 207 Å². The minimum absolute atomic E-state index is 0.106. The lowest BCUT2D eigenvalue weighted by atomic mass is 9.67. The molecule has 1 atom stereocenters. The Hall–Kier alpha value is -3.35. The molecule has 0 unspecified atom stereocenters. The molecule has 0 bridgehead atoms. The van der Waals surface area contributed by atoms with Crippen LogP contribution >= 0.6 is 0 Å². The van der Waals surface area contributed by atoms with Crippen LogP contribution in [0, 0.1) is 5.92 Å². The van der Waals surface area contributed by atoms with Gasteiger partial charge in [0.15, 0.2) is 0 Å². The minimum atomic E-state index is -0.427. The smallest absolute Gasteiger partial charge is 0.325 e. The van der Waals surface area contributed by atoms with Gasteiger partial charge in [0, 0.05) is 18.0 Å². The molecule has 1 aliphatic carbocycles. The van der Waals surface area contributed by atoms with E-state index in [0.29, 0.717) is 43.0 Å². The highest BCUT2D eigenvalue weighted by molar-refractivity contribution is 6.04. The van der Waals surface area contributed by atoms with E-state index in [1.807, 2.05) is 30.3 Å². The number of urea groups is 1. The number of rotatable bonds is 8. The Bertz CT molecular complexity index is 1060. The molecule has 1 saturated heterocycles. The number of ether oxygens (including phenoxy) is 1.